The van der Waals surface area contributed by atoms with Crippen molar-refractivity contribution < 1.29 is 9.53 Å². The molecule has 1 N–H and O–H groups in total. The van der Waals surface area contributed by atoms with Crippen molar-refractivity contribution in [1.29, 1.82) is 0 Å². The SMILES string of the molecule is COC(=O)c1ccc(-c2csc(Nc3cccc(C)n3)n2)cc1. The summed E-state index contributed by atoms with van der Waals surface area (Å²) < 4.78 is 4.69. The Balaban J connectivity index is 1.77. The van der Waals surface area contributed by atoms with Gasteiger partial charge in [0.25, 0.3) is 0 Å². The molecule has 0 saturated carbocycles. The van der Waals surface area contributed by atoms with E-state index in [0.717, 1.165) is 27.9 Å². The fraction of sp³-hybridized carbons (Fsp3) is 0.118. The van der Waals surface area contributed by atoms with Crippen molar-refractivity contribution in [3.05, 3.63) is 59.1 Å². The number of thiazole rings is 1. The number of esters is 1. The van der Waals surface area contributed by atoms with Gasteiger partial charge in [0.2, 0.25) is 0 Å². The van der Waals surface area contributed by atoms with Crippen molar-refractivity contribution in [2.24, 2.45) is 0 Å². The molecule has 5 nitrogen and oxygen atoms in total. The van der Waals surface area contributed by atoms with Gasteiger partial charge in [-0.1, -0.05) is 18.2 Å². The third-order valence-electron chi connectivity index (χ3n) is 3.23. The highest BCUT2D eigenvalue weighted by atomic mass is 32.1. The van der Waals surface area contributed by atoms with E-state index in [0.29, 0.717) is 5.56 Å². The monoisotopic (exact) mass is 325 g/mol. The van der Waals surface area contributed by atoms with Crippen LogP contribution in [0.15, 0.2) is 47.8 Å². The van der Waals surface area contributed by atoms with Crippen LogP contribution in [0.25, 0.3) is 11.3 Å². The molecule has 0 aliphatic carbocycles. The molecule has 23 heavy (non-hydrogen) atoms. The number of hydrogen-bond acceptors (Lipinski definition) is 6. The Labute approximate surface area is 138 Å². The molecule has 0 fully saturated rings. The Morgan fingerprint density at radius 2 is 1.91 bits per heavy atom. The maximum absolute atomic E-state index is 11.4. The minimum atomic E-state index is -0.345. The number of pyridine rings is 1. The van der Waals surface area contributed by atoms with Gasteiger partial charge < -0.3 is 10.1 Å². The van der Waals surface area contributed by atoms with E-state index >= 15 is 0 Å². The molecule has 0 radical (unpaired) electrons. The Bertz CT molecular complexity index is 828. The van der Waals surface area contributed by atoms with Crippen molar-refractivity contribution >= 4 is 28.3 Å². The standard InChI is InChI=1S/C17H15N3O2S/c1-11-4-3-5-15(18-11)20-17-19-14(10-23-17)12-6-8-13(9-7-12)16(21)22-2/h3-10H,1-2H3,(H,18,19,20). The number of methoxy groups -OCH3 is 1. The van der Waals surface area contributed by atoms with E-state index < -0.39 is 0 Å². The summed E-state index contributed by atoms with van der Waals surface area (Å²) in [6.45, 7) is 1.95. The molecule has 6 heteroatoms. The van der Waals surface area contributed by atoms with Crippen LogP contribution in [0.4, 0.5) is 10.9 Å². The first kappa shape index (κ1) is 15.2. The maximum Gasteiger partial charge on any atom is 0.337 e. The van der Waals surface area contributed by atoms with Gasteiger partial charge in [0.15, 0.2) is 5.13 Å². The summed E-state index contributed by atoms with van der Waals surface area (Å²) in [7, 11) is 1.37. The van der Waals surface area contributed by atoms with E-state index in [-0.39, 0.29) is 5.97 Å². The summed E-state index contributed by atoms with van der Waals surface area (Å²) in [5.41, 5.74) is 3.26. The number of aromatic nitrogens is 2. The third-order valence-corrected chi connectivity index (χ3v) is 3.99. The summed E-state index contributed by atoms with van der Waals surface area (Å²) in [6, 6.07) is 13.0. The van der Waals surface area contributed by atoms with Gasteiger partial charge in [-0.15, -0.1) is 11.3 Å². The number of aryl methyl sites for hydroxylation is 1. The molecule has 0 spiro atoms. The largest absolute Gasteiger partial charge is 0.465 e. The van der Waals surface area contributed by atoms with E-state index in [1.807, 2.05) is 42.6 Å². The minimum absolute atomic E-state index is 0.345. The highest BCUT2D eigenvalue weighted by molar-refractivity contribution is 7.14. The lowest BCUT2D eigenvalue weighted by Gasteiger charge is -2.02. The number of benzene rings is 1. The van der Waals surface area contributed by atoms with Crippen molar-refractivity contribution in [3.63, 3.8) is 0 Å². The molecule has 0 aliphatic rings. The van der Waals surface area contributed by atoms with Crippen LogP contribution in [0.3, 0.4) is 0 Å². The summed E-state index contributed by atoms with van der Waals surface area (Å²) >= 11 is 1.51. The molecule has 2 aromatic heterocycles. The lowest BCUT2D eigenvalue weighted by Crippen LogP contribution is -2.00. The molecular formula is C17H15N3O2S. The van der Waals surface area contributed by atoms with Gasteiger partial charge in [-0.05, 0) is 31.2 Å². The van der Waals surface area contributed by atoms with Crippen LogP contribution in [0.5, 0.6) is 0 Å². The average molecular weight is 325 g/mol. The topological polar surface area (TPSA) is 64.1 Å². The van der Waals surface area contributed by atoms with Crippen molar-refractivity contribution in [2.75, 3.05) is 12.4 Å². The molecular weight excluding hydrogens is 310 g/mol. The number of ether oxygens (including phenoxy) is 1. The molecule has 2 heterocycles. The van der Waals surface area contributed by atoms with Gasteiger partial charge in [-0.25, -0.2) is 14.8 Å². The number of anilines is 2. The normalized spacial score (nSPS) is 10.3. The van der Waals surface area contributed by atoms with E-state index in [1.54, 1.807) is 12.1 Å². The number of rotatable bonds is 4. The van der Waals surface area contributed by atoms with Crippen LogP contribution < -0.4 is 5.32 Å². The second kappa shape index (κ2) is 6.58. The van der Waals surface area contributed by atoms with Gasteiger partial charge >= 0.3 is 5.97 Å². The zero-order valence-corrected chi connectivity index (χ0v) is 13.6. The Morgan fingerprint density at radius 3 is 2.61 bits per heavy atom. The molecule has 0 unspecified atom stereocenters. The predicted octanol–water partition coefficient (Wildman–Crippen LogP) is 4.04. The van der Waals surface area contributed by atoms with E-state index in [2.05, 4.69) is 15.3 Å². The fourth-order valence-corrected chi connectivity index (χ4v) is 2.81. The number of carbonyl (C=O) groups is 1. The zero-order chi connectivity index (χ0) is 16.2. The van der Waals surface area contributed by atoms with Gasteiger partial charge in [-0.3, -0.25) is 0 Å². The number of carbonyl (C=O) groups excluding carboxylic acids is 1. The van der Waals surface area contributed by atoms with Gasteiger partial charge in [0.05, 0.1) is 18.4 Å². The molecule has 0 bridgehead atoms. The van der Waals surface area contributed by atoms with Crippen molar-refractivity contribution in [2.45, 2.75) is 6.92 Å². The molecule has 3 rings (SSSR count). The van der Waals surface area contributed by atoms with Crippen molar-refractivity contribution in [1.82, 2.24) is 9.97 Å². The number of nitrogens with one attached hydrogen (secondary N) is 1. The molecule has 3 aromatic rings. The van der Waals surface area contributed by atoms with Crippen LogP contribution in [0.1, 0.15) is 16.1 Å². The van der Waals surface area contributed by atoms with Gasteiger partial charge in [0, 0.05) is 16.6 Å². The van der Waals surface area contributed by atoms with Crippen molar-refractivity contribution in [3.8, 4) is 11.3 Å². The summed E-state index contributed by atoms with van der Waals surface area (Å²) in [4.78, 5) is 20.4. The quantitative estimate of drug-likeness (QED) is 0.733. The highest BCUT2D eigenvalue weighted by Crippen LogP contribution is 2.27. The summed E-state index contributed by atoms with van der Waals surface area (Å²) in [5.74, 6) is 0.426. The molecule has 0 amide bonds. The Morgan fingerprint density at radius 1 is 1.13 bits per heavy atom. The van der Waals surface area contributed by atoms with E-state index in [1.165, 1.54) is 18.4 Å². The highest BCUT2D eigenvalue weighted by Gasteiger charge is 2.08. The third kappa shape index (κ3) is 3.54. The summed E-state index contributed by atoms with van der Waals surface area (Å²) in [6.07, 6.45) is 0. The smallest absolute Gasteiger partial charge is 0.337 e. The Hall–Kier alpha value is -2.73. The second-order valence-corrected chi connectivity index (χ2v) is 5.75. The van der Waals surface area contributed by atoms with E-state index in [9.17, 15) is 4.79 Å². The van der Waals surface area contributed by atoms with Gasteiger partial charge in [-0.2, -0.15) is 0 Å². The predicted molar refractivity (Wildman–Crippen MR) is 91.1 cm³/mol. The lowest BCUT2D eigenvalue weighted by molar-refractivity contribution is 0.0601. The Kier molecular flexibility index (Phi) is 4.34. The maximum atomic E-state index is 11.4. The summed E-state index contributed by atoms with van der Waals surface area (Å²) in [5, 5.41) is 5.93. The van der Waals surface area contributed by atoms with Gasteiger partial charge in [0.1, 0.15) is 5.82 Å². The average Bonchev–Trinajstić information content (AvgIpc) is 3.03. The first-order valence-corrected chi connectivity index (χ1v) is 7.88. The molecule has 0 saturated heterocycles. The lowest BCUT2D eigenvalue weighted by atomic mass is 10.1. The van der Waals surface area contributed by atoms with Crippen LogP contribution in [0, 0.1) is 6.92 Å². The zero-order valence-electron chi connectivity index (χ0n) is 12.7. The fourth-order valence-electron chi connectivity index (χ4n) is 2.08. The van der Waals surface area contributed by atoms with Crippen LogP contribution in [-0.2, 0) is 4.74 Å². The minimum Gasteiger partial charge on any atom is -0.465 e. The van der Waals surface area contributed by atoms with Crippen LogP contribution >= 0.6 is 11.3 Å². The first-order valence-electron chi connectivity index (χ1n) is 7.00. The van der Waals surface area contributed by atoms with Crippen LogP contribution in [0.2, 0.25) is 0 Å². The first-order chi connectivity index (χ1) is 11.2. The second-order valence-electron chi connectivity index (χ2n) is 4.90. The molecule has 116 valence electrons. The molecule has 0 atom stereocenters. The molecule has 1 aromatic carbocycles. The molecule has 0 aliphatic heterocycles. The number of nitrogens with zero attached hydrogens (tertiary/aromatic N) is 2. The van der Waals surface area contributed by atoms with Crippen LogP contribution in [-0.4, -0.2) is 23.0 Å². The number of hydrogen-bond donors (Lipinski definition) is 1. The van der Waals surface area contributed by atoms with E-state index in [4.69, 9.17) is 4.74 Å².